The minimum absolute atomic E-state index is 0.0753. The lowest BCUT2D eigenvalue weighted by Gasteiger charge is -2.55. The molecule has 0 radical (unpaired) electrons. The standard InChI is InChI=1S/C25H40N4O2/c1-18(30)22-15-20(25(22,26-2)27-3)16-23(31)28-21-11-13-24(14-12-21,29(4)5)17-19-9-7-6-8-10-19/h6-10,20-22,26-27H,11-17H2,1-5H3,(H,28,31). The first-order valence-electron chi connectivity index (χ1n) is 11.7. The van der Waals surface area contributed by atoms with Crippen molar-refractivity contribution in [3.05, 3.63) is 35.9 Å². The van der Waals surface area contributed by atoms with Crippen LogP contribution in [-0.4, -0.2) is 62.0 Å². The van der Waals surface area contributed by atoms with Gasteiger partial charge in [-0.3, -0.25) is 9.59 Å². The van der Waals surface area contributed by atoms with Gasteiger partial charge in [-0.1, -0.05) is 30.3 Å². The minimum Gasteiger partial charge on any atom is -0.353 e. The highest BCUT2D eigenvalue weighted by molar-refractivity contribution is 5.82. The van der Waals surface area contributed by atoms with E-state index in [2.05, 4.69) is 65.3 Å². The number of amides is 1. The molecule has 0 heterocycles. The molecule has 172 valence electrons. The second-order valence-corrected chi connectivity index (χ2v) is 9.79. The third-order valence-corrected chi connectivity index (χ3v) is 8.07. The number of hydrogen-bond donors (Lipinski definition) is 3. The van der Waals surface area contributed by atoms with Crippen LogP contribution in [0.15, 0.2) is 30.3 Å². The lowest BCUT2D eigenvalue weighted by Crippen LogP contribution is -2.73. The average molecular weight is 429 g/mol. The molecule has 0 aromatic heterocycles. The van der Waals surface area contributed by atoms with Crippen LogP contribution in [0, 0.1) is 11.8 Å². The Morgan fingerprint density at radius 1 is 1.06 bits per heavy atom. The van der Waals surface area contributed by atoms with Gasteiger partial charge >= 0.3 is 0 Å². The van der Waals surface area contributed by atoms with E-state index in [1.165, 1.54) is 5.56 Å². The molecule has 1 aromatic rings. The SMILES string of the molecule is CNC1(NC)C(CC(=O)NC2CCC(Cc3ccccc3)(N(C)C)CC2)CC1C(C)=O. The van der Waals surface area contributed by atoms with Gasteiger partial charge in [0.2, 0.25) is 5.91 Å². The zero-order valence-electron chi connectivity index (χ0n) is 19.8. The van der Waals surface area contributed by atoms with Crippen molar-refractivity contribution in [1.29, 1.82) is 0 Å². The molecule has 6 heteroatoms. The molecular formula is C25H40N4O2. The fourth-order valence-corrected chi connectivity index (χ4v) is 5.96. The first-order valence-corrected chi connectivity index (χ1v) is 11.7. The van der Waals surface area contributed by atoms with E-state index in [0.29, 0.717) is 6.42 Å². The molecule has 0 aliphatic heterocycles. The first kappa shape index (κ1) is 23.9. The lowest BCUT2D eigenvalue weighted by molar-refractivity contribution is -0.140. The highest BCUT2D eigenvalue weighted by Gasteiger charge is 2.55. The topological polar surface area (TPSA) is 73.5 Å². The van der Waals surface area contributed by atoms with E-state index in [1.807, 2.05) is 14.1 Å². The molecule has 2 unspecified atom stereocenters. The number of nitrogens with one attached hydrogen (secondary N) is 3. The van der Waals surface area contributed by atoms with Gasteiger partial charge in [-0.05, 0) is 79.2 Å². The summed E-state index contributed by atoms with van der Waals surface area (Å²) in [6, 6.07) is 10.9. The fraction of sp³-hybridized carbons (Fsp3) is 0.680. The third-order valence-electron chi connectivity index (χ3n) is 8.07. The normalized spacial score (nSPS) is 29.9. The molecule has 2 saturated carbocycles. The van der Waals surface area contributed by atoms with Crippen molar-refractivity contribution >= 4 is 11.7 Å². The van der Waals surface area contributed by atoms with Gasteiger partial charge in [0.05, 0.1) is 5.66 Å². The highest BCUT2D eigenvalue weighted by Crippen LogP contribution is 2.44. The number of Topliss-reactive ketones (excluding diaryl/α,β-unsaturated/α-hetero) is 1. The Morgan fingerprint density at radius 2 is 1.68 bits per heavy atom. The van der Waals surface area contributed by atoms with Crippen LogP contribution in [0.25, 0.3) is 0 Å². The number of carbonyl (C=O) groups is 2. The number of carbonyl (C=O) groups excluding carboxylic acids is 2. The van der Waals surface area contributed by atoms with Crippen LogP contribution in [0.2, 0.25) is 0 Å². The van der Waals surface area contributed by atoms with Crippen LogP contribution in [0.4, 0.5) is 0 Å². The summed E-state index contributed by atoms with van der Waals surface area (Å²) < 4.78 is 0. The van der Waals surface area contributed by atoms with Gasteiger partial charge in [-0.25, -0.2) is 0 Å². The maximum absolute atomic E-state index is 12.8. The number of likely N-dealkylation sites (N-methyl/N-ethyl adjacent to an activating group) is 1. The maximum atomic E-state index is 12.8. The molecule has 0 saturated heterocycles. The maximum Gasteiger partial charge on any atom is 0.220 e. The molecule has 3 N–H and O–H groups in total. The molecule has 1 amide bonds. The highest BCUT2D eigenvalue weighted by atomic mass is 16.1. The Hall–Kier alpha value is -1.76. The summed E-state index contributed by atoms with van der Waals surface area (Å²) in [5.41, 5.74) is 1.06. The van der Waals surface area contributed by atoms with E-state index >= 15 is 0 Å². The molecule has 2 aliphatic rings. The van der Waals surface area contributed by atoms with Crippen molar-refractivity contribution in [2.75, 3.05) is 28.2 Å². The van der Waals surface area contributed by atoms with E-state index in [1.54, 1.807) is 6.92 Å². The summed E-state index contributed by atoms with van der Waals surface area (Å²) >= 11 is 0. The van der Waals surface area contributed by atoms with Crippen molar-refractivity contribution in [3.8, 4) is 0 Å². The zero-order chi connectivity index (χ0) is 22.6. The van der Waals surface area contributed by atoms with Crippen LogP contribution in [0.3, 0.4) is 0 Å². The molecule has 2 fully saturated rings. The number of nitrogens with zero attached hydrogens (tertiary/aromatic N) is 1. The summed E-state index contributed by atoms with van der Waals surface area (Å²) in [6.45, 7) is 1.64. The Labute approximate surface area is 187 Å². The molecule has 2 aliphatic carbocycles. The van der Waals surface area contributed by atoms with Gasteiger partial charge in [0, 0.05) is 29.8 Å². The van der Waals surface area contributed by atoms with Crippen LogP contribution in [0.5, 0.6) is 0 Å². The Balaban J connectivity index is 1.54. The van der Waals surface area contributed by atoms with Gasteiger partial charge in [0.1, 0.15) is 5.78 Å². The van der Waals surface area contributed by atoms with Gasteiger partial charge in [-0.15, -0.1) is 0 Å². The van der Waals surface area contributed by atoms with Gasteiger partial charge < -0.3 is 20.9 Å². The molecule has 0 bridgehead atoms. The van der Waals surface area contributed by atoms with Gasteiger partial charge in [0.25, 0.3) is 0 Å². The Bertz CT molecular complexity index is 752. The van der Waals surface area contributed by atoms with Crippen LogP contribution < -0.4 is 16.0 Å². The van der Waals surface area contributed by atoms with Crippen molar-refractivity contribution < 1.29 is 9.59 Å². The second kappa shape index (κ2) is 9.80. The number of benzene rings is 1. The molecular weight excluding hydrogens is 388 g/mol. The smallest absolute Gasteiger partial charge is 0.220 e. The van der Waals surface area contributed by atoms with E-state index in [4.69, 9.17) is 0 Å². The summed E-state index contributed by atoms with van der Waals surface area (Å²) in [5.74, 6) is 0.325. The predicted molar refractivity (Wildman–Crippen MR) is 125 cm³/mol. The fourth-order valence-electron chi connectivity index (χ4n) is 5.96. The Kier molecular flexibility index (Phi) is 7.55. The largest absolute Gasteiger partial charge is 0.353 e. The summed E-state index contributed by atoms with van der Waals surface area (Å²) in [7, 11) is 8.09. The first-order chi connectivity index (χ1) is 14.8. The van der Waals surface area contributed by atoms with E-state index in [9.17, 15) is 9.59 Å². The molecule has 0 spiro atoms. The number of rotatable bonds is 9. The molecule has 1 aromatic carbocycles. The second-order valence-electron chi connectivity index (χ2n) is 9.79. The molecule has 2 atom stereocenters. The van der Waals surface area contributed by atoms with Crippen LogP contribution in [-0.2, 0) is 16.0 Å². The van der Waals surface area contributed by atoms with Crippen LogP contribution >= 0.6 is 0 Å². The zero-order valence-corrected chi connectivity index (χ0v) is 19.8. The van der Waals surface area contributed by atoms with Crippen LogP contribution in [0.1, 0.15) is 51.0 Å². The van der Waals surface area contributed by atoms with Crippen molar-refractivity contribution in [2.24, 2.45) is 11.8 Å². The van der Waals surface area contributed by atoms with E-state index in [-0.39, 0.29) is 35.1 Å². The summed E-state index contributed by atoms with van der Waals surface area (Å²) in [5, 5.41) is 9.86. The summed E-state index contributed by atoms with van der Waals surface area (Å²) in [4.78, 5) is 27.2. The number of ketones is 1. The average Bonchev–Trinajstić information content (AvgIpc) is 2.74. The van der Waals surface area contributed by atoms with Crippen molar-refractivity contribution in [2.45, 2.75) is 69.1 Å². The van der Waals surface area contributed by atoms with Crippen molar-refractivity contribution in [3.63, 3.8) is 0 Å². The van der Waals surface area contributed by atoms with E-state index in [0.717, 1.165) is 38.5 Å². The lowest BCUT2D eigenvalue weighted by atomic mass is 9.61. The predicted octanol–water partition coefficient (Wildman–Crippen LogP) is 2.34. The molecule has 31 heavy (non-hydrogen) atoms. The van der Waals surface area contributed by atoms with E-state index < -0.39 is 5.66 Å². The Morgan fingerprint density at radius 3 is 2.19 bits per heavy atom. The number of hydrogen-bond acceptors (Lipinski definition) is 5. The van der Waals surface area contributed by atoms with Crippen molar-refractivity contribution in [1.82, 2.24) is 20.9 Å². The van der Waals surface area contributed by atoms with Gasteiger partial charge in [0.15, 0.2) is 0 Å². The molecule has 3 rings (SSSR count). The quantitative estimate of drug-likeness (QED) is 0.527. The summed E-state index contributed by atoms with van der Waals surface area (Å²) in [6.07, 6.45) is 6.41. The minimum atomic E-state index is -0.467. The third kappa shape index (κ3) is 4.86. The van der Waals surface area contributed by atoms with Gasteiger partial charge in [-0.2, -0.15) is 0 Å². The molecule has 6 nitrogen and oxygen atoms in total. The monoisotopic (exact) mass is 428 g/mol.